The maximum atomic E-state index is 14.5. The van der Waals surface area contributed by atoms with Crippen LogP contribution in [0.15, 0.2) is 115 Å². The number of amides is 2. The Morgan fingerprint density at radius 2 is 1.37 bits per heavy atom. The number of carbonyl (C=O) groups is 2. The van der Waals surface area contributed by atoms with Crippen LogP contribution in [0.25, 0.3) is 6.08 Å². The minimum atomic E-state index is -4.45. The van der Waals surface area contributed by atoms with Gasteiger partial charge in [0, 0.05) is 50.9 Å². The lowest BCUT2D eigenvalue weighted by atomic mass is 10.0. The van der Waals surface area contributed by atoms with Crippen LogP contribution in [0.1, 0.15) is 54.0 Å². The van der Waals surface area contributed by atoms with Gasteiger partial charge >= 0.3 is 6.18 Å². The highest BCUT2D eigenvalue weighted by atomic mass is 19.4. The van der Waals surface area contributed by atoms with Crippen LogP contribution in [0.4, 0.5) is 18.9 Å². The second kappa shape index (κ2) is 17.0. The molecule has 1 aliphatic heterocycles. The number of para-hydroxylation sites is 1. The number of nitrogens with zero attached hydrogens (tertiary/aromatic N) is 3. The number of hydrogen-bond acceptors (Lipinski definition) is 3. The van der Waals surface area contributed by atoms with Crippen molar-refractivity contribution in [2.45, 2.75) is 57.8 Å². The molecule has 5 rings (SSSR count). The molecule has 0 aromatic heterocycles. The highest BCUT2D eigenvalue weighted by Crippen LogP contribution is 2.29. The molecule has 0 unspecified atom stereocenters. The number of unbranched alkanes of at least 4 members (excludes halogenated alkanes) is 2. The van der Waals surface area contributed by atoms with Crippen LogP contribution >= 0.6 is 0 Å². The largest absolute Gasteiger partial charge is 0.416 e. The summed E-state index contributed by atoms with van der Waals surface area (Å²) < 4.78 is 39.4. The van der Waals surface area contributed by atoms with Crippen molar-refractivity contribution >= 4 is 23.6 Å². The quantitative estimate of drug-likeness (QED) is 0.106. The highest BCUT2D eigenvalue weighted by molar-refractivity contribution is 5.96. The molecule has 4 aromatic rings. The van der Waals surface area contributed by atoms with E-state index in [-0.39, 0.29) is 18.4 Å². The van der Waals surface area contributed by atoms with Crippen LogP contribution in [0, 0.1) is 0 Å². The molecule has 2 amide bonds. The predicted molar refractivity (Wildman–Crippen MR) is 190 cm³/mol. The fourth-order valence-electron chi connectivity index (χ4n) is 6.18. The van der Waals surface area contributed by atoms with Crippen molar-refractivity contribution in [1.82, 2.24) is 9.80 Å². The molecule has 5 nitrogen and oxygen atoms in total. The first-order valence-corrected chi connectivity index (χ1v) is 17.1. The Bertz CT molecular complexity index is 1650. The van der Waals surface area contributed by atoms with Gasteiger partial charge in [0.1, 0.15) is 6.04 Å². The van der Waals surface area contributed by atoms with Crippen LogP contribution in [0.2, 0.25) is 0 Å². The Kier molecular flexibility index (Phi) is 12.3. The molecule has 256 valence electrons. The Balaban J connectivity index is 1.42. The molecule has 8 heteroatoms. The van der Waals surface area contributed by atoms with Gasteiger partial charge in [0.2, 0.25) is 11.8 Å². The summed E-state index contributed by atoms with van der Waals surface area (Å²) in [6.45, 7) is 4.78. The standard InChI is InChI=1S/C41H44F3N3O2/c1-2-3-6-11-32-16-18-35(19-17-32)31-47(39(48)25-22-33-20-23-36(24-21-33)41(42,43)44)38(30-34-12-7-4-8-13-34)40(49)46-28-26-45(27-29-46)37-14-9-5-10-15-37/h4-5,7-10,12-25,38H,2-3,6,11,26-31H2,1H3/t38-/m0/s1. The fourth-order valence-corrected chi connectivity index (χ4v) is 6.18. The number of aryl methyl sites for hydroxylation is 1. The Hall–Kier alpha value is -4.85. The molecule has 1 aliphatic rings. The third kappa shape index (κ3) is 10.1. The van der Waals surface area contributed by atoms with Crippen molar-refractivity contribution in [3.8, 4) is 0 Å². The molecule has 0 bridgehead atoms. The topological polar surface area (TPSA) is 43.9 Å². The normalized spacial score (nSPS) is 14.2. The van der Waals surface area contributed by atoms with Crippen molar-refractivity contribution in [3.63, 3.8) is 0 Å². The van der Waals surface area contributed by atoms with Gasteiger partial charge in [-0.15, -0.1) is 0 Å². The number of anilines is 1. The summed E-state index contributed by atoms with van der Waals surface area (Å²) in [5.41, 5.74) is 3.87. The first-order valence-electron chi connectivity index (χ1n) is 17.1. The Morgan fingerprint density at radius 3 is 1.98 bits per heavy atom. The van der Waals surface area contributed by atoms with E-state index in [1.165, 1.54) is 29.8 Å². The highest BCUT2D eigenvalue weighted by Gasteiger charge is 2.34. The van der Waals surface area contributed by atoms with E-state index in [9.17, 15) is 22.8 Å². The van der Waals surface area contributed by atoms with Gasteiger partial charge in [-0.3, -0.25) is 9.59 Å². The molecule has 1 heterocycles. The van der Waals surface area contributed by atoms with Crippen molar-refractivity contribution in [2.24, 2.45) is 0 Å². The maximum Gasteiger partial charge on any atom is 0.416 e. The molecule has 1 saturated heterocycles. The van der Waals surface area contributed by atoms with Crippen LogP contribution in [0.5, 0.6) is 0 Å². The number of benzene rings is 4. The number of alkyl halides is 3. The van der Waals surface area contributed by atoms with E-state index < -0.39 is 17.8 Å². The Morgan fingerprint density at radius 1 is 0.755 bits per heavy atom. The number of hydrogen-bond donors (Lipinski definition) is 0. The molecule has 0 aliphatic carbocycles. The third-order valence-electron chi connectivity index (χ3n) is 9.03. The third-order valence-corrected chi connectivity index (χ3v) is 9.03. The zero-order valence-corrected chi connectivity index (χ0v) is 28.0. The van der Waals surface area contributed by atoms with Gasteiger partial charge in [0.25, 0.3) is 0 Å². The van der Waals surface area contributed by atoms with Crippen molar-refractivity contribution in [3.05, 3.63) is 143 Å². The summed E-state index contributed by atoms with van der Waals surface area (Å²) in [5, 5.41) is 0. The first-order chi connectivity index (χ1) is 23.7. The summed E-state index contributed by atoms with van der Waals surface area (Å²) in [6, 6.07) is 31.9. The summed E-state index contributed by atoms with van der Waals surface area (Å²) in [6.07, 6.45) is 3.16. The molecule has 1 atom stereocenters. The number of halogens is 3. The lowest BCUT2D eigenvalue weighted by Gasteiger charge is -2.40. The second-order valence-electron chi connectivity index (χ2n) is 12.5. The van der Waals surface area contributed by atoms with Crippen molar-refractivity contribution in [1.29, 1.82) is 0 Å². The fraction of sp³-hybridized carbons (Fsp3) is 0.317. The number of carbonyl (C=O) groups excluding carboxylic acids is 2. The minimum Gasteiger partial charge on any atom is -0.368 e. The van der Waals surface area contributed by atoms with E-state index in [1.807, 2.05) is 65.6 Å². The molecular formula is C41H44F3N3O2. The van der Waals surface area contributed by atoms with Gasteiger partial charge in [0.05, 0.1) is 5.56 Å². The zero-order chi connectivity index (χ0) is 34.6. The van der Waals surface area contributed by atoms with Gasteiger partial charge in [-0.1, -0.05) is 105 Å². The smallest absolute Gasteiger partial charge is 0.368 e. The lowest BCUT2D eigenvalue weighted by molar-refractivity contribution is -0.144. The lowest BCUT2D eigenvalue weighted by Crippen LogP contribution is -2.56. The van der Waals surface area contributed by atoms with Gasteiger partial charge < -0.3 is 14.7 Å². The summed E-state index contributed by atoms with van der Waals surface area (Å²) >= 11 is 0. The van der Waals surface area contributed by atoms with E-state index in [0.29, 0.717) is 38.2 Å². The van der Waals surface area contributed by atoms with E-state index in [2.05, 4.69) is 36.1 Å². The zero-order valence-electron chi connectivity index (χ0n) is 28.0. The van der Waals surface area contributed by atoms with E-state index in [4.69, 9.17) is 0 Å². The minimum absolute atomic E-state index is 0.121. The van der Waals surface area contributed by atoms with E-state index in [0.717, 1.165) is 54.6 Å². The SMILES string of the molecule is CCCCCc1ccc(CN(C(=O)C=Cc2ccc(C(F)(F)F)cc2)[C@@H](Cc2ccccc2)C(=O)N2CCN(c3ccccc3)CC2)cc1. The molecule has 0 radical (unpaired) electrons. The van der Waals surface area contributed by atoms with Crippen molar-refractivity contribution in [2.75, 3.05) is 31.1 Å². The average molecular weight is 668 g/mol. The van der Waals surface area contributed by atoms with Crippen molar-refractivity contribution < 1.29 is 22.8 Å². The summed E-state index contributed by atoms with van der Waals surface area (Å²) in [7, 11) is 0. The van der Waals surface area contributed by atoms with Gasteiger partial charge in [-0.25, -0.2) is 0 Å². The molecule has 0 N–H and O–H groups in total. The van der Waals surface area contributed by atoms with Crippen LogP contribution in [-0.4, -0.2) is 53.8 Å². The molecule has 4 aromatic carbocycles. The van der Waals surface area contributed by atoms with Crippen LogP contribution in [0.3, 0.4) is 0 Å². The van der Waals surface area contributed by atoms with Gasteiger partial charge in [0.15, 0.2) is 0 Å². The maximum absolute atomic E-state index is 14.5. The summed E-state index contributed by atoms with van der Waals surface area (Å²) in [4.78, 5) is 34.3. The molecule has 0 saturated carbocycles. The first kappa shape index (κ1) is 35.5. The summed E-state index contributed by atoms with van der Waals surface area (Å²) in [5.74, 6) is -0.506. The number of rotatable bonds is 13. The predicted octanol–water partition coefficient (Wildman–Crippen LogP) is 8.44. The van der Waals surface area contributed by atoms with E-state index >= 15 is 0 Å². The van der Waals surface area contributed by atoms with Gasteiger partial charge in [-0.05, 0) is 65.4 Å². The van der Waals surface area contributed by atoms with E-state index in [1.54, 1.807) is 4.90 Å². The average Bonchev–Trinajstić information content (AvgIpc) is 3.13. The van der Waals surface area contributed by atoms with Crippen LogP contribution in [-0.2, 0) is 35.2 Å². The molecule has 1 fully saturated rings. The number of piperazine rings is 1. The second-order valence-corrected chi connectivity index (χ2v) is 12.5. The Labute approximate surface area is 287 Å². The van der Waals surface area contributed by atoms with Crippen LogP contribution < -0.4 is 4.90 Å². The molecular weight excluding hydrogens is 623 g/mol. The molecule has 49 heavy (non-hydrogen) atoms. The van der Waals surface area contributed by atoms with Gasteiger partial charge in [-0.2, -0.15) is 13.2 Å². The molecule has 0 spiro atoms. The monoisotopic (exact) mass is 667 g/mol.